The Kier molecular flexibility index (Phi) is 3.36. The van der Waals surface area contributed by atoms with Gasteiger partial charge in [0.1, 0.15) is 0 Å². The van der Waals surface area contributed by atoms with E-state index in [4.69, 9.17) is 4.74 Å². The van der Waals surface area contributed by atoms with Crippen molar-refractivity contribution in [2.24, 2.45) is 11.3 Å². The largest absolute Gasteiger partial charge is 0.466 e. The fourth-order valence-corrected chi connectivity index (χ4v) is 3.19. The quantitative estimate of drug-likeness (QED) is 0.540. The Bertz CT molecular complexity index is 298. The van der Waals surface area contributed by atoms with E-state index in [2.05, 4.69) is 13.0 Å². The SMILES string of the molecule is CCOC(=O)CC1CC2(CC=C(C)CC2)C1. The van der Waals surface area contributed by atoms with Gasteiger partial charge in [-0.3, -0.25) is 4.79 Å². The first kappa shape index (κ1) is 11.7. The van der Waals surface area contributed by atoms with Crippen LogP contribution in [0.4, 0.5) is 0 Å². The first-order valence-electron chi connectivity index (χ1n) is 6.45. The minimum Gasteiger partial charge on any atom is -0.466 e. The Morgan fingerprint density at radius 2 is 2.31 bits per heavy atom. The van der Waals surface area contributed by atoms with Gasteiger partial charge in [-0.15, -0.1) is 0 Å². The van der Waals surface area contributed by atoms with E-state index >= 15 is 0 Å². The number of hydrogen-bond donors (Lipinski definition) is 0. The molecule has 0 atom stereocenters. The third kappa shape index (κ3) is 2.47. The topological polar surface area (TPSA) is 26.3 Å². The van der Waals surface area contributed by atoms with E-state index in [1.54, 1.807) is 5.57 Å². The summed E-state index contributed by atoms with van der Waals surface area (Å²) < 4.78 is 4.99. The summed E-state index contributed by atoms with van der Waals surface area (Å²) in [6, 6.07) is 0. The van der Waals surface area contributed by atoms with Crippen LogP contribution in [0.1, 0.15) is 52.4 Å². The monoisotopic (exact) mass is 222 g/mol. The standard InChI is InChI=1S/C14H22O2/c1-3-16-13(15)8-12-9-14(10-12)6-4-11(2)5-7-14/h4,12H,3,5-10H2,1-2H3. The van der Waals surface area contributed by atoms with Crippen LogP contribution in [0, 0.1) is 11.3 Å². The highest BCUT2D eigenvalue weighted by molar-refractivity contribution is 5.69. The molecule has 0 amide bonds. The molecular formula is C14H22O2. The Morgan fingerprint density at radius 1 is 1.56 bits per heavy atom. The summed E-state index contributed by atoms with van der Waals surface area (Å²) in [7, 11) is 0. The molecule has 0 aromatic heterocycles. The van der Waals surface area contributed by atoms with E-state index in [1.165, 1.54) is 32.1 Å². The van der Waals surface area contributed by atoms with E-state index in [0.29, 0.717) is 24.4 Å². The van der Waals surface area contributed by atoms with Crippen LogP contribution in [0.15, 0.2) is 11.6 Å². The van der Waals surface area contributed by atoms with E-state index in [-0.39, 0.29) is 5.97 Å². The smallest absolute Gasteiger partial charge is 0.306 e. The van der Waals surface area contributed by atoms with Crippen molar-refractivity contribution in [3.63, 3.8) is 0 Å². The molecule has 2 aliphatic rings. The molecule has 1 spiro atoms. The zero-order chi connectivity index (χ0) is 11.6. The number of allylic oxidation sites excluding steroid dienone is 2. The second kappa shape index (κ2) is 4.60. The molecule has 2 rings (SSSR count). The molecule has 2 heteroatoms. The molecule has 0 unspecified atom stereocenters. The number of esters is 1. The lowest BCUT2D eigenvalue weighted by Gasteiger charge is -2.49. The van der Waals surface area contributed by atoms with Gasteiger partial charge in [0, 0.05) is 6.42 Å². The molecule has 0 aromatic carbocycles. The fraction of sp³-hybridized carbons (Fsp3) is 0.786. The summed E-state index contributed by atoms with van der Waals surface area (Å²) >= 11 is 0. The van der Waals surface area contributed by atoms with Crippen LogP contribution in [0.2, 0.25) is 0 Å². The molecular weight excluding hydrogens is 200 g/mol. The van der Waals surface area contributed by atoms with E-state index in [9.17, 15) is 4.79 Å². The van der Waals surface area contributed by atoms with Crippen molar-refractivity contribution >= 4 is 5.97 Å². The zero-order valence-electron chi connectivity index (χ0n) is 10.4. The molecule has 1 fully saturated rings. The number of rotatable bonds is 3. The van der Waals surface area contributed by atoms with Gasteiger partial charge in [-0.25, -0.2) is 0 Å². The van der Waals surface area contributed by atoms with Crippen molar-refractivity contribution in [1.82, 2.24) is 0 Å². The first-order chi connectivity index (χ1) is 7.63. The van der Waals surface area contributed by atoms with Gasteiger partial charge in [0.05, 0.1) is 6.61 Å². The third-order valence-electron chi connectivity index (χ3n) is 4.14. The normalized spacial score (nSPS) is 33.1. The van der Waals surface area contributed by atoms with Crippen molar-refractivity contribution < 1.29 is 9.53 Å². The zero-order valence-corrected chi connectivity index (χ0v) is 10.4. The predicted octanol–water partition coefficient (Wildman–Crippen LogP) is 3.47. The molecule has 2 nitrogen and oxygen atoms in total. The fourth-order valence-electron chi connectivity index (χ4n) is 3.19. The summed E-state index contributed by atoms with van der Waals surface area (Å²) in [6.45, 7) is 4.61. The highest BCUT2D eigenvalue weighted by atomic mass is 16.5. The third-order valence-corrected chi connectivity index (χ3v) is 4.14. The van der Waals surface area contributed by atoms with Crippen LogP contribution < -0.4 is 0 Å². The van der Waals surface area contributed by atoms with E-state index < -0.39 is 0 Å². The van der Waals surface area contributed by atoms with Gasteiger partial charge in [-0.05, 0) is 57.3 Å². The summed E-state index contributed by atoms with van der Waals surface area (Å²) in [4.78, 5) is 11.3. The molecule has 90 valence electrons. The lowest BCUT2D eigenvalue weighted by Crippen LogP contribution is -2.39. The van der Waals surface area contributed by atoms with Crippen molar-refractivity contribution in [2.45, 2.75) is 52.4 Å². The van der Waals surface area contributed by atoms with Gasteiger partial charge in [0.25, 0.3) is 0 Å². The maximum absolute atomic E-state index is 11.3. The van der Waals surface area contributed by atoms with Gasteiger partial charge in [0.2, 0.25) is 0 Å². The molecule has 1 saturated carbocycles. The van der Waals surface area contributed by atoms with Crippen LogP contribution in [-0.4, -0.2) is 12.6 Å². The molecule has 16 heavy (non-hydrogen) atoms. The Balaban J connectivity index is 1.75. The molecule has 0 bridgehead atoms. The second-order valence-corrected chi connectivity index (χ2v) is 5.54. The van der Waals surface area contributed by atoms with Gasteiger partial charge in [-0.2, -0.15) is 0 Å². The summed E-state index contributed by atoms with van der Waals surface area (Å²) in [6.07, 6.45) is 9.31. The lowest BCUT2D eigenvalue weighted by atomic mass is 9.56. The van der Waals surface area contributed by atoms with Crippen LogP contribution in [0.5, 0.6) is 0 Å². The maximum atomic E-state index is 11.3. The van der Waals surface area contributed by atoms with Crippen LogP contribution >= 0.6 is 0 Å². The predicted molar refractivity (Wildman–Crippen MR) is 64.0 cm³/mol. The lowest BCUT2D eigenvalue weighted by molar-refractivity contribution is -0.146. The van der Waals surface area contributed by atoms with Crippen LogP contribution in [0.25, 0.3) is 0 Å². The van der Waals surface area contributed by atoms with Gasteiger partial charge in [0.15, 0.2) is 0 Å². The molecule has 0 radical (unpaired) electrons. The molecule has 0 N–H and O–H groups in total. The Labute approximate surface area is 98.1 Å². The van der Waals surface area contributed by atoms with Gasteiger partial charge in [-0.1, -0.05) is 11.6 Å². The number of carbonyl (C=O) groups excluding carboxylic acids is 1. The highest BCUT2D eigenvalue weighted by Crippen LogP contribution is 2.55. The summed E-state index contributed by atoms with van der Waals surface area (Å²) in [5.41, 5.74) is 2.09. The van der Waals surface area contributed by atoms with Crippen LogP contribution in [-0.2, 0) is 9.53 Å². The summed E-state index contributed by atoms with van der Waals surface area (Å²) in [5, 5.41) is 0. The molecule has 2 aliphatic carbocycles. The van der Waals surface area contributed by atoms with Gasteiger partial charge >= 0.3 is 5.97 Å². The van der Waals surface area contributed by atoms with E-state index in [1.807, 2.05) is 6.92 Å². The van der Waals surface area contributed by atoms with Crippen molar-refractivity contribution in [1.29, 1.82) is 0 Å². The van der Waals surface area contributed by atoms with Crippen molar-refractivity contribution in [3.05, 3.63) is 11.6 Å². The second-order valence-electron chi connectivity index (χ2n) is 5.54. The number of ether oxygens (including phenoxy) is 1. The summed E-state index contributed by atoms with van der Waals surface area (Å²) in [5.74, 6) is 0.579. The minimum atomic E-state index is -0.00937. The van der Waals surface area contributed by atoms with E-state index in [0.717, 1.165) is 0 Å². The van der Waals surface area contributed by atoms with Gasteiger partial charge < -0.3 is 4.74 Å². The molecule has 0 heterocycles. The molecule has 0 saturated heterocycles. The highest BCUT2D eigenvalue weighted by Gasteiger charge is 2.44. The average Bonchev–Trinajstić information content (AvgIpc) is 2.19. The number of carbonyl (C=O) groups is 1. The molecule has 0 aromatic rings. The minimum absolute atomic E-state index is 0.00937. The van der Waals surface area contributed by atoms with Crippen LogP contribution in [0.3, 0.4) is 0 Å². The Hall–Kier alpha value is -0.790. The van der Waals surface area contributed by atoms with Crippen molar-refractivity contribution in [2.75, 3.05) is 6.61 Å². The van der Waals surface area contributed by atoms with Crippen molar-refractivity contribution in [3.8, 4) is 0 Å². The number of hydrogen-bond acceptors (Lipinski definition) is 2. The first-order valence-corrected chi connectivity index (χ1v) is 6.45. The average molecular weight is 222 g/mol. The maximum Gasteiger partial charge on any atom is 0.306 e. The Morgan fingerprint density at radius 3 is 2.88 bits per heavy atom. The molecule has 0 aliphatic heterocycles.